The monoisotopic (exact) mass is 798 g/mol. The summed E-state index contributed by atoms with van der Waals surface area (Å²) in [5, 5.41) is 0. The normalized spacial score (nSPS) is 20.3. The molecule has 0 spiro atoms. The lowest BCUT2D eigenvalue weighted by molar-refractivity contribution is -0.440. The van der Waals surface area contributed by atoms with E-state index in [1.165, 1.54) is 0 Å². The minimum Gasteiger partial charge on any atom is -0.302 e. The minimum atomic E-state index is -8.95. The highest BCUT2D eigenvalue weighted by atomic mass is 31.2. The van der Waals surface area contributed by atoms with E-state index in [1.807, 2.05) is 0 Å². The van der Waals surface area contributed by atoms with Gasteiger partial charge >= 0.3 is 79.4 Å². The molecule has 0 heterocycles. The lowest BCUT2D eigenvalue weighted by Crippen LogP contribution is -2.70. The van der Waals surface area contributed by atoms with Gasteiger partial charge in [-0.2, -0.15) is 114 Å². The van der Waals surface area contributed by atoms with Crippen LogP contribution in [0.4, 0.5) is 114 Å². The molecule has 4 nitrogen and oxygen atoms in total. The smallest absolute Gasteiger partial charge is 0.302 e. The van der Waals surface area contributed by atoms with Crippen molar-refractivity contribution in [3.8, 4) is 0 Å². The summed E-state index contributed by atoms with van der Waals surface area (Å²) in [6.45, 7) is -12.9. The second-order valence-electron chi connectivity index (χ2n) is 7.84. The summed E-state index contributed by atoms with van der Waals surface area (Å²) in [7, 11) is -8.21. The first-order chi connectivity index (χ1) is 22.9. The number of phosphoric ester groups is 1. The average molecular weight is 798 g/mol. The summed E-state index contributed by atoms with van der Waals surface area (Å²) >= 11 is 0. The Hall–Kier alpha value is -1.71. The van der Waals surface area contributed by atoms with Gasteiger partial charge in [0.05, 0.1) is 18.6 Å². The molecule has 0 atom stereocenters. The number of rotatable bonds is 16. The van der Waals surface area contributed by atoms with Crippen LogP contribution in [0.25, 0.3) is 0 Å². The molecule has 0 radical (unpaired) electrons. The Kier molecular flexibility index (Phi) is 8.47. The van der Waals surface area contributed by atoms with Gasteiger partial charge in [0.2, 0.25) is 0 Å². The number of hydrogen-bond acceptors (Lipinski definition) is 3. The third-order valence-electron chi connectivity index (χ3n) is 4.60. The number of halogens is 26. The van der Waals surface area contributed by atoms with Gasteiger partial charge in [-0.3, -0.25) is 9.05 Å². The summed E-state index contributed by atoms with van der Waals surface area (Å²) in [5.41, 5.74) is 0. The average Bonchev–Trinajstić information content (AvgIpc) is 2.89. The van der Waals surface area contributed by atoms with Crippen molar-refractivity contribution in [1.82, 2.24) is 0 Å². The van der Waals surface area contributed by atoms with Crippen molar-refractivity contribution in [3.05, 3.63) is 0 Å². The van der Waals surface area contributed by atoms with Gasteiger partial charge in [-0.15, -0.1) is 0 Å². The Morgan fingerprint density at radius 2 is 0.596 bits per heavy atom. The zero-order valence-electron chi connectivity index (χ0n) is 27.9. The lowest BCUT2D eigenvalue weighted by atomic mass is 9.93. The van der Waals surface area contributed by atoms with E-state index in [1.54, 1.807) is 0 Å². The van der Waals surface area contributed by atoms with Crippen LogP contribution in [0.1, 0.15) is 23.7 Å². The molecule has 0 aromatic carbocycles. The molecule has 0 fully saturated rings. The molecule has 284 valence electrons. The molecule has 0 aromatic heterocycles. The quantitative estimate of drug-likeness (QED) is 0.125. The van der Waals surface area contributed by atoms with Crippen molar-refractivity contribution < 1.29 is 144 Å². The molecule has 0 rings (SSSR count). The van der Waals surface area contributed by atoms with E-state index in [0.717, 1.165) is 0 Å². The topological polar surface area (TPSA) is 55.8 Å². The third kappa shape index (κ3) is 7.28. The number of alkyl halides is 26. The maximum absolute atomic E-state index is 14.4. The van der Waals surface area contributed by atoms with Gasteiger partial charge in [0.1, 0.15) is 0 Å². The van der Waals surface area contributed by atoms with E-state index in [9.17, 15) is 124 Å². The van der Waals surface area contributed by atoms with Crippen LogP contribution in [0.15, 0.2) is 0 Å². The van der Waals surface area contributed by atoms with E-state index in [2.05, 4.69) is 9.05 Å². The van der Waals surface area contributed by atoms with Crippen molar-refractivity contribution in [2.45, 2.75) is 84.3 Å². The van der Waals surface area contributed by atoms with E-state index < -0.39 is 105 Å². The Bertz CT molecular complexity index is 1370. The van der Waals surface area contributed by atoms with Gasteiger partial charge in [0, 0.05) is 18.2 Å². The second kappa shape index (κ2) is 12.3. The van der Waals surface area contributed by atoms with Crippen LogP contribution in [-0.4, -0.2) is 89.6 Å². The Labute approximate surface area is 250 Å². The molecule has 0 aliphatic heterocycles. The highest BCUT2D eigenvalue weighted by Gasteiger charge is 2.92. The zero-order valence-corrected chi connectivity index (χ0v) is 20.8. The molecular formula is C16H9F26O4P. The summed E-state index contributed by atoms with van der Waals surface area (Å²) in [6.07, 6.45) is -30.1. The molecule has 0 unspecified atom stereocenters. The van der Waals surface area contributed by atoms with E-state index in [4.69, 9.17) is 11.0 Å². The van der Waals surface area contributed by atoms with Crippen molar-refractivity contribution in [1.29, 1.82) is 0 Å². The van der Waals surface area contributed by atoms with Crippen LogP contribution in [0.2, 0.25) is 0 Å². The molecule has 47 heavy (non-hydrogen) atoms. The van der Waals surface area contributed by atoms with Crippen LogP contribution in [-0.2, 0) is 13.6 Å². The minimum absolute atomic E-state index is 2.57. The summed E-state index contributed by atoms with van der Waals surface area (Å²) in [4.78, 5) is 9.27. The van der Waals surface area contributed by atoms with Gasteiger partial charge in [-0.1, -0.05) is 0 Å². The van der Waals surface area contributed by atoms with Crippen LogP contribution in [0.5, 0.6) is 0 Å². The van der Waals surface area contributed by atoms with Crippen LogP contribution < -0.4 is 0 Å². The van der Waals surface area contributed by atoms with Gasteiger partial charge in [-0.05, 0) is 0 Å². The predicted molar refractivity (Wildman–Crippen MR) is 92.5 cm³/mol. The first kappa shape index (κ1) is 32.5. The van der Waals surface area contributed by atoms with Gasteiger partial charge in [0.25, 0.3) is 0 Å². The van der Waals surface area contributed by atoms with Crippen LogP contribution in [0, 0.1) is 0 Å². The fourth-order valence-corrected chi connectivity index (χ4v) is 2.36. The summed E-state index contributed by atoms with van der Waals surface area (Å²) < 4.78 is 418. The standard InChI is InChI=1S/C16H9F26O4P/c17-5(18,7(21,22)9(25,26)11(29,30)13(33,34)15(37,38)39)1-3-45-47(43,44)46-4-2-6(19,20)8(23,24)10(27,28)12(31,32)14(35,36)16(40,41)42/h1-4H2,(H,43,44)/i1D2,2D2,3D2,4D2. The predicted octanol–water partition coefficient (Wildman–Crippen LogP) is 9.38. The highest BCUT2D eigenvalue weighted by Crippen LogP contribution is 2.62. The Balaban J connectivity index is 7.17. The first-order valence-electron chi connectivity index (χ1n) is 13.6. The van der Waals surface area contributed by atoms with Crippen LogP contribution in [0.3, 0.4) is 0 Å². The zero-order chi connectivity index (χ0) is 45.9. The maximum atomic E-state index is 14.4. The van der Waals surface area contributed by atoms with E-state index in [-0.39, 0.29) is 0 Å². The van der Waals surface area contributed by atoms with Gasteiger partial charge in [-0.25, -0.2) is 4.57 Å². The van der Waals surface area contributed by atoms with Crippen molar-refractivity contribution >= 4 is 7.82 Å². The van der Waals surface area contributed by atoms with Crippen molar-refractivity contribution in [2.75, 3.05) is 13.1 Å². The molecule has 0 saturated heterocycles. The fourth-order valence-electron chi connectivity index (χ4n) is 2.00. The Morgan fingerprint density at radius 1 is 0.404 bits per heavy atom. The molecule has 0 bridgehead atoms. The summed E-state index contributed by atoms with van der Waals surface area (Å²) in [5.74, 6) is -86.9. The van der Waals surface area contributed by atoms with Crippen molar-refractivity contribution in [3.63, 3.8) is 0 Å². The molecule has 1 N–H and O–H groups in total. The molecule has 31 heteroatoms. The molecule has 0 aliphatic carbocycles. The maximum Gasteiger partial charge on any atom is 0.472 e. The van der Waals surface area contributed by atoms with Crippen molar-refractivity contribution in [2.24, 2.45) is 0 Å². The third-order valence-corrected chi connectivity index (χ3v) is 5.25. The van der Waals surface area contributed by atoms with Crippen LogP contribution >= 0.6 is 7.82 Å². The first-order valence-corrected chi connectivity index (χ1v) is 11.1. The number of phosphoric acid groups is 1. The molecule has 0 amide bonds. The number of hydrogen-bond donors (Lipinski definition) is 1. The molecule has 0 aliphatic rings. The Morgan fingerprint density at radius 3 is 0.787 bits per heavy atom. The second-order valence-corrected chi connectivity index (χ2v) is 9.15. The molecular weight excluding hydrogens is 781 g/mol. The van der Waals surface area contributed by atoms with Gasteiger partial charge < -0.3 is 4.89 Å². The van der Waals surface area contributed by atoms with Gasteiger partial charge in [0.15, 0.2) is 0 Å². The molecule has 0 saturated carbocycles. The SMILES string of the molecule is [2H]C([2H])(OP(=O)(O)OC([2H])([2H])C([2H])([2H])C(F)(F)C(F)(F)C(F)(F)C(F)(F)C(F)(F)C(F)(F)F)C([2H])([2H])C(F)(F)C(F)(F)C(F)(F)C(F)(F)C(F)(F)C(F)(F)F. The van der Waals surface area contributed by atoms with E-state index >= 15 is 0 Å². The summed E-state index contributed by atoms with van der Waals surface area (Å²) in [6, 6.07) is 0. The fraction of sp³-hybridized carbons (Fsp3) is 1.00. The lowest BCUT2D eigenvalue weighted by Gasteiger charge is -2.39. The highest BCUT2D eigenvalue weighted by molar-refractivity contribution is 7.47. The molecule has 0 aromatic rings. The van der Waals surface area contributed by atoms with E-state index in [0.29, 0.717) is 0 Å². The largest absolute Gasteiger partial charge is 0.472 e.